The molecule has 2 aromatic carbocycles. The van der Waals surface area contributed by atoms with Crippen LogP contribution in [-0.2, 0) is 20.9 Å². The summed E-state index contributed by atoms with van der Waals surface area (Å²) in [5, 5.41) is 31.1. The second kappa shape index (κ2) is 10.6. The molecule has 3 atom stereocenters. The highest BCUT2D eigenvalue weighted by atomic mass is 35.5. The number of amides is 1. The van der Waals surface area contributed by atoms with Crippen molar-refractivity contribution in [3.63, 3.8) is 0 Å². The number of nitrogens with zero attached hydrogens (tertiary/aromatic N) is 1. The topological polar surface area (TPSA) is 107 Å². The van der Waals surface area contributed by atoms with Gasteiger partial charge in [-0.2, -0.15) is 0 Å². The van der Waals surface area contributed by atoms with Gasteiger partial charge in [-0.1, -0.05) is 54.1 Å². The van der Waals surface area contributed by atoms with Gasteiger partial charge in [0.15, 0.2) is 5.72 Å². The Kier molecular flexibility index (Phi) is 7.66. The summed E-state index contributed by atoms with van der Waals surface area (Å²) in [6.07, 6.45) is 7.11. The Morgan fingerprint density at radius 3 is 2.45 bits per heavy atom. The number of benzene rings is 2. The number of halogens is 2. The third kappa shape index (κ3) is 5.21. The zero-order valence-corrected chi connectivity index (χ0v) is 24.0. The Morgan fingerprint density at radius 1 is 1.20 bits per heavy atom. The maximum Gasteiger partial charge on any atom is 0.305 e. The molecule has 3 N–H and O–H groups in total. The fraction of sp³-hybridized carbons (Fsp3) is 0.419. The largest absolute Gasteiger partial charge is 0.481 e. The molecule has 1 fully saturated rings. The van der Waals surface area contributed by atoms with Crippen LogP contribution in [0.1, 0.15) is 66.6 Å². The fourth-order valence-electron chi connectivity index (χ4n) is 5.53. The number of aliphatic hydroxyl groups is 2. The van der Waals surface area contributed by atoms with Crippen molar-refractivity contribution in [3.8, 4) is 0 Å². The van der Waals surface area contributed by atoms with E-state index in [0.717, 1.165) is 12.8 Å². The summed E-state index contributed by atoms with van der Waals surface area (Å²) in [4.78, 5) is 28.3. The molecule has 3 aliphatic rings. The normalized spacial score (nSPS) is 24.1. The second-order valence-electron chi connectivity index (χ2n) is 11.5. The molecule has 2 aliphatic carbocycles. The Bertz CT molecular complexity index is 1380. The van der Waals surface area contributed by atoms with Crippen molar-refractivity contribution in [2.24, 2.45) is 5.41 Å². The minimum atomic E-state index is -1.52. The lowest BCUT2D eigenvalue weighted by Gasteiger charge is -2.44. The predicted octanol–water partition coefficient (Wildman–Crippen LogP) is 5.35. The highest BCUT2D eigenvalue weighted by Gasteiger charge is 2.57. The maximum absolute atomic E-state index is 14.5. The van der Waals surface area contributed by atoms with Crippen LogP contribution in [0, 0.1) is 5.41 Å². The average Bonchev–Trinajstić information content (AvgIpc) is 3.66. The van der Waals surface area contributed by atoms with E-state index in [0.29, 0.717) is 39.3 Å². The number of carboxylic acid groups (broad SMARTS) is 1. The lowest BCUT2D eigenvalue weighted by atomic mass is 9.88. The Morgan fingerprint density at radius 2 is 1.90 bits per heavy atom. The van der Waals surface area contributed by atoms with Crippen molar-refractivity contribution in [3.05, 3.63) is 93.5 Å². The van der Waals surface area contributed by atoms with Crippen molar-refractivity contribution >= 4 is 35.1 Å². The zero-order valence-electron chi connectivity index (χ0n) is 22.4. The first-order valence-corrected chi connectivity index (χ1v) is 14.2. The summed E-state index contributed by atoms with van der Waals surface area (Å²) in [7, 11) is 0. The number of hydrogen-bond donors (Lipinski definition) is 3. The molecule has 1 amide bonds. The van der Waals surface area contributed by atoms with Gasteiger partial charge in [-0.3, -0.25) is 14.5 Å². The SMILES string of the molecule is CC(C)(O)c1ccc2c(c1)C(=O)N(C(CC(=O)O)C1=CCC(Cl)C=C1)C2(OCC1(CO)CC1)c1ccc(Cl)cc1. The highest BCUT2D eigenvalue weighted by Crippen LogP contribution is 2.52. The monoisotopic (exact) mass is 585 g/mol. The second-order valence-corrected chi connectivity index (χ2v) is 12.5. The van der Waals surface area contributed by atoms with Gasteiger partial charge in [0, 0.05) is 27.1 Å². The van der Waals surface area contributed by atoms with Crippen LogP contribution in [0.15, 0.2) is 66.3 Å². The minimum absolute atomic E-state index is 0.0638. The molecule has 0 saturated heterocycles. The van der Waals surface area contributed by atoms with Crippen molar-refractivity contribution in [2.75, 3.05) is 13.2 Å². The number of aliphatic hydroxyl groups excluding tert-OH is 1. The number of carboxylic acids is 1. The summed E-state index contributed by atoms with van der Waals surface area (Å²) in [6.45, 7) is 3.37. The van der Waals surface area contributed by atoms with E-state index in [4.69, 9.17) is 27.9 Å². The molecule has 0 radical (unpaired) electrons. The quantitative estimate of drug-likeness (QED) is 0.324. The molecule has 2 aromatic rings. The van der Waals surface area contributed by atoms with E-state index < -0.39 is 34.7 Å². The molecular formula is C31H33Cl2NO6. The summed E-state index contributed by atoms with van der Waals surface area (Å²) >= 11 is 12.5. The molecule has 7 nitrogen and oxygen atoms in total. The van der Waals surface area contributed by atoms with E-state index in [1.807, 2.05) is 6.08 Å². The van der Waals surface area contributed by atoms with Crippen LogP contribution >= 0.6 is 23.2 Å². The van der Waals surface area contributed by atoms with Gasteiger partial charge in [-0.05, 0) is 62.4 Å². The van der Waals surface area contributed by atoms with Gasteiger partial charge in [-0.25, -0.2) is 0 Å². The summed E-state index contributed by atoms with van der Waals surface area (Å²) in [5.41, 5.74) is -0.535. The Labute approximate surface area is 243 Å². The number of hydrogen-bond acceptors (Lipinski definition) is 5. The van der Waals surface area contributed by atoms with Gasteiger partial charge in [0.25, 0.3) is 5.91 Å². The number of carbonyl (C=O) groups excluding carboxylic acids is 1. The van der Waals surface area contributed by atoms with Crippen molar-refractivity contribution in [2.45, 2.75) is 62.3 Å². The smallest absolute Gasteiger partial charge is 0.305 e. The van der Waals surface area contributed by atoms with Crippen LogP contribution in [0.3, 0.4) is 0 Å². The number of aliphatic carboxylic acids is 1. The van der Waals surface area contributed by atoms with Gasteiger partial charge in [-0.15, -0.1) is 11.6 Å². The van der Waals surface area contributed by atoms with E-state index in [1.165, 1.54) is 4.90 Å². The molecular weight excluding hydrogens is 553 g/mol. The minimum Gasteiger partial charge on any atom is -0.481 e. The average molecular weight is 587 g/mol. The first-order chi connectivity index (χ1) is 18.9. The number of rotatable bonds is 10. The van der Waals surface area contributed by atoms with Crippen molar-refractivity contribution in [1.29, 1.82) is 0 Å². The van der Waals surface area contributed by atoms with Crippen LogP contribution in [0.25, 0.3) is 0 Å². The molecule has 1 saturated carbocycles. The zero-order chi connectivity index (χ0) is 28.9. The van der Waals surface area contributed by atoms with Crippen molar-refractivity contribution in [1.82, 2.24) is 4.90 Å². The molecule has 212 valence electrons. The number of carbonyl (C=O) groups is 2. The van der Waals surface area contributed by atoms with Gasteiger partial charge in [0.2, 0.25) is 0 Å². The van der Waals surface area contributed by atoms with Gasteiger partial charge in [0.1, 0.15) is 0 Å². The van der Waals surface area contributed by atoms with Gasteiger partial charge >= 0.3 is 5.97 Å². The van der Waals surface area contributed by atoms with Crippen LogP contribution in [0.2, 0.25) is 5.02 Å². The van der Waals surface area contributed by atoms with Gasteiger partial charge in [0.05, 0.1) is 36.7 Å². The maximum atomic E-state index is 14.5. The lowest BCUT2D eigenvalue weighted by molar-refractivity contribution is -0.147. The standard InChI is InChI=1S/C31H33Cl2NO6/c1-29(2,39)21-7-12-25-24(15-21)28(38)34(26(16-27(36)37)19-3-8-22(32)9-4-19)31(25,20-5-10-23(33)11-6-20)40-18-30(17-35)13-14-30/h3-8,10-12,15,22,26,35,39H,9,13-14,16-18H2,1-2H3,(H,36,37). The molecule has 3 unspecified atom stereocenters. The number of allylic oxidation sites excluding steroid dienone is 2. The Hall–Kier alpha value is -2.68. The van der Waals surface area contributed by atoms with Crippen molar-refractivity contribution < 1.29 is 29.6 Å². The molecule has 0 aromatic heterocycles. The molecule has 9 heteroatoms. The van der Waals surface area contributed by atoms with Crippen LogP contribution in [-0.4, -0.2) is 56.7 Å². The lowest BCUT2D eigenvalue weighted by Crippen LogP contribution is -2.54. The molecule has 5 rings (SSSR count). The summed E-state index contributed by atoms with van der Waals surface area (Å²) in [5.74, 6) is -1.49. The third-order valence-corrected chi connectivity index (χ3v) is 8.71. The van der Waals surface area contributed by atoms with E-state index in [9.17, 15) is 24.9 Å². The third-order valence-electron chi connectivity index (χ3n) is 8.14. The van der Waals surface area contributed by atoms with E-state index >= 15 is 0 Å². The predicted molar refractivity (Wildman–Crippen MR) is 152 cm³/mol. The summed E-state index contributed by atoms with van der Waals surface area (Å²) in [6, 6.07) is 11.2. The molecule has 1 heterocycles. The Balaban J connectivity index is 1.76. The van der Waals surface area contributed by atoms with Crippen LogP contribution < -0.4 is 0 Å². The number of ether oxygens (including phenoxy) is 1. The number of alkyl halides is 1. The number of fused-ring (bicyclic) bond motifs is 1. The molecule has 0 spiro atoms. The molecule has 40 heavy (non-hydrogen) atoms. The first kappa shape index (κ1) is 28.8. The molecule has 0 bridgehead atoms. The van der Waals surface area contributed by atoms with E-state index in [-0.39, 0.29) is 25.0 Å². The molecule has 1 aliphatic heterocycles. The van der Waals surface area contributed by atoms with E-state index in [1.54, 1.807) is 68.5 Å². The first-order valence-electron chi connectivity index (χ1n) is 13.4. The van der Waals surface area contributed by atoms with Crippen LogP contribution in [0.4, 0.5) is 0 Å². The van der Waals surface area contributed by atoms with Gasteiger partial charge < -0.3 is 20.1 Å². The van der Waals surface area contributed by atoms with Crippen LogP contribution in [0.5, 0.6) is 0 Å². The fourth-order valence-corrected chi connectivity index (χ4v) is 5.81. The highest BCUT2D eigenvalue weighted by molar-refractivity contribution is 6.30. The summed E-state index contributed by atoms with van der Waals surface area (Å²) < 4.78 is 6.81. The van der Waals surface area contributed by atoms with E-state index in [2.05, 4.69) is 0 Å².